The van der Waals surface area contributed by atoms with Crippen LogP contribution in [-0.2, 0) is 0 Å². The Labute approximate surface area is 197 Å². The van der Waals surface area contributed by atoms with Crippen LogP contribution in [0.2, 0.25) is 5.02 Å². The lowest BCUT2D eigenvalue weighted by Gasteiger charge is -2.18. The largest absolute Gasteiger partial charge is 0.493 e. The van der Waals surface area contributed by atoms with Gasteiger partial charge in [0.05, 0.1) is 30.3 Å². The van der Waals surface area contributed by atoms with E-state index in [9.17, 15) is 4.79 Å². The highest BCUT2D eigenvalue weighted by atomic mass is 35.5. The first-order chi connectivity index (χ1) is 16.0. The van der Waals surface area contributed by atoms with E-state index in [1.807, 2.05) is 62.4 Å². The summed E-state index contributed by atoms with van der Waals surface area (Å²) in [6, 6.07) is 20.1. The minimum atomic E-state index is -0.269. The van der Waals surface area contributed by atoms with E-state index in [0.29, 0.717) is 38.8 Å². The average Bonchev–Trinajstić information content (AvgIpc) is 2.84. The Morgan fingerprint density at radius 3 is 2.58 bits per heavy atom. The Morgan fingerprint density at radius 1 is 1.12 bits per heavy atom. The minimum absolute atomic E-state index is 0.0443. The van der Waals surface area contributed by atoms with Gasteiger partial charge in [-0.15, -0.1) is 0 Å². The fourth-order valence-corrected chi connectivity index (χ4v) is 3.59. The van der Waals surface area contributed by atoms with E-state index >= 15 is 0 Å². The predicted molar refractivity (Wildman–Crippen MR) is 133 cm³/mol. The fraction of sp³-hybridized carbons (Fsp3) is 0.192. The summed E-state index contributed by atoms with van der Waals surface area (Å²) >= 11 is 6.31. The first-order valence-corrected chi connectivity index (χ1v) is 11.1. The van der Waals surface area contributed by atoms with E-state index in [1.54, 1.807) is 31.5 Å². The summed E-state index contributed by atoms with van der Waals surface area (Å²) in [5.74, 6) is 1.45. The Balaban J connectivity index is 1.91. The van der Waals surface area contributed by atoms with Crippen LogP contribution in [0.5, 0.6) is 11.5 Å². The molecule has 7 heteroatoms. The Kier molecular flexibility index (Phi) is 6.75. The molecule has 168 valence electrons. The lowest BCUT2D eigenvalue weighted by Crippen LogP contribution is -2.20. The highest BCUT2D eigenvalue weighted by Gasteiger charge is 2.16. The van der Waals surface area contributed by atoms with Crippen molar-refractivity contribution in [2.45, 2.75) is 26.4 Å². The number of nitrogens with zero attached hydrogens (tertiary/aromatic N) is 3. The zero-order valence-corrected chi connectivity index (χ0v) is 19.4. The lowest BCUT2D eigenvalue weighted by atomic mass is 10.2. The van der Waals surface area contributed by atoms with Gasteiger partial charge in [0.2, 0.25) is 0 Å². The molecule has 0 unspecified atom stereocenters. The summed E-state index contributed by atoms with van der Waals surface area (Å²) in [5.41, 5.74) is 1.71. The number of fused-ring (bicyclic) bond motifs is 1. The van der Waals surface area contributed by atoms with Crippen LogP contribution < -0.4 is 15.0 Å². The summed E-state index contributed by atoms with van der Waals surface area (Å²) in [7, 11) is 1.56. The summed E-state index contributed by atoms with van der Waals surface area (Å²) in [5, 5.41) is 5.49. The molecule has 6 nitrogen and oxygen atoms in total. The Bertz CT molecular complexity index is 1370. The molecule has 0 aliphatic carbocycles. The molecule has 1 atom stereocenters. The predicted octanol–water partition coefficient (Wildman–Crippen LogP) is 5.79. The van der Waals surface area contributed by atoms with Gasteiger partial charge in [0.15, 0.2) is 17.3 Å². The number of benzene rings is 3. The van der Waals surface area contributed by atoms with E-state index in [2.05, 4.69) is 5.10 Å². The highest BCUT2D eigenvalue weighted by molar-refractivity contribution is 6.31. The zero-order chi connectivity index (χ0) is 23.4. The second-order valence-electron chi connectivity index (χ2n) is 7.54. The lowest BCUT2D eigenvalue weighted by molar-refractivity contribution is 0.207. The normalized spacial score (nSPS) is 12.2. The molecule has 0 amide bonds. The topological polar surface area (TPSA) is 65.7 Å². The maximum atomic E-state index is 13.4. The Hall–Kier alpha value is -3.64. The minimum Gasteiger partial charge on any atom is -0.493 e. The van der Waals surface area contributed by atoms with Gasteiger partial charge in [-0.3, -0.25) is 4.79 Å². The van der Waals surface area contributed by atoms with Crippen LogP contribution in [0.25, 0.3) is 22.3 Å². The third-order valence-corrected chi connectivity index (χ3v) is 5.48. The van der Waals surface area contributed by atoms with E-state index in [4.69, 9.17) is 26.1 Å². The van der Waals surface area contributed by atoms with Crippen molar-refractivity contribution >= 4 is 28.7 Å². The number of rotatable bonds is 7. The molecule has 0 radical (unpaired) electrons. The molecule has 1 aromatic heterocycles. The van der Waals surface area contributed by atoms with E-state index in [-0.39, 0.29) is 11.7 Å². The molecule has 4 aromatic rings. The number of halogens is 1. The van der Waals surface area contributed by atoms with Gasteiger partial charge in [0.25, 0.3) is 5.56 Å². The van der Waals surface area contributed by atoms with Gasteiger partial charge in [-0.1, -0.05) is 61.0 Å². The van der Waals surface area contributed by atoms with Crippen molar-refractivity contribution in [1.29, 1.82) is 0 Å². The molecule has 0 N–H and O–H groups in total. The second kappa shape index (κ2) is 9.88. The Morgan fingerprint density at radius 2 is 1.85 bits per heavy atom. The maximum Gasteiger partial charge on any atom is 0.282 e. The number of ether oxygens (including phenoxy) is 2. The van der Waals surface area contributed by atoms with Crippen LogP contribution in [0.15, 0.2) is 76.6 Å². The van der Waals surface area contributed by atoms with Crippen LogP contribution in [0.1, 0.15) is 25.8 Å². The van der Waals surface area contributed by atoms with Crippen molar-refractivity contribution in [1.82, 2.24) is 9.66 Å². The third kappa shape index (κ3) is 4.76. The number of hydrogen-bond donors (Lipinski definition) is 0. The van der Waals surface area contributed by atoms with Crippen LogP contribution in [0.4, 0.5) is 0 Å². The maximum absolute atomic E-state index is 13.4. The van der Waals surface area contributed by atoms with E-state index in [0.717, 1.165) is 12.0 Å². The number of para-hydroxylation sites is 1. The molecular formula is C26H24ClN3O3. The zero-order valence-electron chi connectivity index (χ0n) is 18.7. The second-order valence-corrected chi connectivity index (χ2v) is 7.98. The van der Waals surface area contributed by atoms with Crippen molar-refractivity contribution in [3.8, 4) is 22.9 Å². The molecule has 0 aliphatic rings. The molecule has 0 spiro atoms. The summed E-state index contributed by atoms with van der Waals surface area (Å²) in [6.45, 7) is 4.01. The number of aromatic nitrogens is 2. The van der Waals surface area contributed by atoms with E-state index < -0.39 is 0 Å². The monoisotopic (exact) mass is 461 g/mol. The van der Waals surface area contributed by atoms with Gasteiger partial charge >= 0.3 is 0 Å². The van der Waals surface area contributed by atoms with Gasteiger partial charge in [-0.05, 0) is 31.5 Å². The molecule has 33 heavy (non-hydrogen) atoms. The van der Waals surface area contributed by atoms with Gasteiger partial charge in [0, 0.05) is 22.2 Å². The van der Waals surface area contributed by atoms with E-state index in [1.165, 1.54) is 4.68 Å². The molecule has 0 saturated carbocycles. The molecule has 0 fully saturated rings. The van der Waals surface area contributed by atoms with Gasteiger partial charge in [-0.25, -0.2) is 4.98 Å². The molecule has 0 saturated heterocycles. The van der Waals surface area contributed by atoms with Crippen molar-refractivity contribution in [3.63, 3.8) is 0 Å². The third-order valence-electron chi connectivity index (χ3n) is 5.26. The molecular weight excluding hydrogens is 438 g/mol. The fourth-order valence-electron chi connectivity index (χ4n) is 3.37. The number of methoxy groups -OCH3 is 1. The molecule has 0 aliphatic heterocycles. The summed E-state index contributed by atoms with van der Waals surface area (Å²) in [4.78, 5) is 18.1. The van der Waals surface area contributed by atoms with Crippen LogP contribution in [-0.4, -0.2) is 29.1 Å². The SMILES string of the molecule is CC[C@@H](C)Oc1c(C=Nn2c(-c3ccccc3)nc3ccccc3c2=O)cc(Cl)cc1OC. The standard InChI is InChI=1S/C26H24ClN3O3/c1-4-17(2)33-24-19(14-20(27)15-23(24)32-3)16-28-30-25(18-10-6-5-7-11-18)29-22-13-9-8-12-21(22)26(30)31/h5-17H,4H2,1-3H3/t17-/m1/s1. The van der Waals surface area contributed by atoms with Gasteiger partial charge in [0.1, 0.15) is 0 Å². The molecule has 0 bridgehead atoms. The first-order valence-electron chi connectivity index (χ1n) is 10.7. The van der Waals surface area contributed by atoms with Gasteiger partial charge in [-0.2, -0.15) is 9.78 Å². The summed E-state index contributed by atoms with van der Waals surface area (Å²) in [6.07, 6.45) is 2.32. The smallest absolute Gasteiger partial charge is 0.282 e. The quantitative estimate of drug-likeness (QED) is 0.327. The van der Waals surface area contributed by atoms with Crippen LogP contribution in [0, 0.1) is 0 Å². The van der Waals surface area contributed by atoms with Crippen LogP contribution >= 0.6 is 11.6 Å². The molecule has 4 rings (SSSR count). The van der Waals surface area contributed by atoms with Gasteiger partial charge < -0.3 is 9.47 Å². The first kappa shape index (κ1) is 22.6. The molecule has 3 aromatic carbocycles. The van der Waals surface area contributed by atoms with Crippen LogP contribution in [0.3, 0.4) is 0 Å². The van der Waals surface area contributed by atoms with Crippen molar-refractivity contribution in [2.75, 3.05) is 7.11 Å². The average molecular weight is 462 g/mol. The summed E-state index contributed by atoms with van der Waals surface area (Å²) < 4.78 is 12.9. The van der Waals surface area contributed by atoms with Crippen molar-refractivity contribution in [2.24, 2.45) is 5.10 Å². The van der Waals surface area contributed by atoms with Crippen molar-refractivity contribution < 1.29 is 9.47 Å². The highest BCUT2D eigenvalue weighted by Crippen LogP contribution is 2.35. The van der Waals surface area contributed by atoms with Crippen molar-refractivity contribution in [3.05, 3.63) is 87.7 Å². The number of hydrogen-bond acceptors (Lipinski definition) is 5. The molecule has 1 heterocycles.